The van der Waals surface area contributed by atoms with Crippen molar-refractivity contribution in [3.8, 4) is 5.75 Å². The van der Waals surface area contributed by atoms with Crippen LogP contribution in [0.15, 0.2) is 60.7 Å². The van der Waals surface area contributed by atoms with Gasteiger partial charge < -0.3 is 15.0 Å². The highest BCUT2D eigenvalue weighted by Gasteiger charge is 2.59. The Hall–Kier alpha value is -3.59. The maximum atomic E-state index is 14.5. The molecule has 0 bridgehead atoms. The summed E-state index contributed by atoms with van der Waals surface area (Å²) in [5.74, 6) is -0.502. The lowest BCUT2D eigenvalue weighted by molar-refractivity contribution is -0.123. The maximum Gasteiger partial charge on any atom is 0.323 e. The fourth-order valence-electron chi connectivity index (χ4n) is 4.57. The summed E-state index contributed by atoms with van der Waals surface area (Å²) in [6, 6.07) is 15.4. The fraction of sp³-hybridized carbons (Fsp3) is 0.231. The molecule has 0 radical (unpaired) electrons. The van der Waals surface area contributed by atoms with Gasteiger partial charge in [0.25, 0.3) is 5.91 Å². The highest BCUT2D eigenvalue weighted by Crippen LogP contribution is 2.54. The lowest BCUT2D eigenvalue weighted by Gasteiger charge is -2.33. The molecule has 9 heteroatoms. The maximum absolute atomic E-state index is 14.5. The largest absolute Gasteiger partial charge is 0.497 e. The van der Waals surface area contributed by atoms with Gasteiger partial charge in [-0.1, -0.05) is 23.8 Å². The molecule has 6 nitrogen and oxygen atoms in total. The summed E-state index contributed by atoms with van der Waals surface area (Å²) < 4.78 is 33.1. The monoisotopic (exact) mass is 495 g/mol. The molecule has 1 saturated heterocycles. The van der Waals surface area contributed by atoms with Crippen molar-refractivity contribution < 1.29 is 23.1 Å². The number of nitrogens with zero attached hydrogens (tertiary/aromatic N) is 2. The van der Waals surface area contributed by atoms with Crippen molar-refractivity contribution in [3.05, 3.63) is 89.0 Å². The Bertz CT molecular complexity index is 1320. The zero-order valence-electron chi connectivity index (χ0n) is 19.2. The van der Waals surface area contributed by atoms with E-state index in [0.717, 1.165) is 11.6 Å². The number of urea groups is 1. The van der Waals surface area contributed by atoms with E-state index in [1.54, 1.807) is 36.3 Å². The Labute approximate surface area is 205 Å². The number of rotatable bonds is 4. The van der Waals surface area contributed by atoms with E-state index in [1.165, 1.54) is 28.8 Å². The first kappa shape index (κ1) is 23.2. The third-order valence-electron chi connectivity index (χ3n) is 6.28. The standard InChI is InChI=1S/C26H23F2N3O3S/c1-16-3-10-23-21(13-16)26(24(32)30(23)15-17-4-5-18(27)14-22(17)28)31(11-12-35-26)25(33)29-19-6-8-20(34-2)9-7-19/h3-10,13-14H,11-12,15H2,1-2H3,(H,29,33). The minimum absolute atomic E-state index is 0.0722. The van der Waals surface area contributed by atoms with Crippen LogP contribution in [0.25, 0.3) is 0 Å². The van der Waals surface area contributed by atoms with Crippen LogP contribution in [0.1, 0.15) is 16.7 Å². The number of ether oxygens (including phenoxy) is 1. The number of carbonyl (C=O) groups excluding carboxylic acids is 2. The van der Waals surface area contributed by atoms with Gasteiger partial charge in [-0.15, -0.1) is 11.8 Å². The Kier molecular flexibility index (Phi) is 5.88. The highest BCUT2D eigenvalue weighted by atomic mass is 32.2. The normalized spacial score (nSPS) is 18.8. The van der Waals surface area contributed by atoms with Crippen LogP contribution in [0.2, 0.25) is 0 Å². The summed E-state index contributed by atoms with van der Waals surface area (Å²) in [6.45, 7) is 2.21. The van der Waals surface area contributed by atoms with Gasteiger partial charge in [-0.2, -0.15) is 0 Å². The molecule has 0 saturated carbocycles. The van der Waals surface area contributed by atoms with Crippen LogP contribution < -0.4 is 15.0 Å². The van der Waals surface area contributed by atoms with Crippen LogP contribution in [0, 0.1) is 18.6 Å². The molecule has 2 aliphatic heterocycles. The van der Waals surface area contributed by atoms with Crippen LogP contribution in [0.4, 0.5) is 25.0 Å². The summed E-state index contributed by atoms with van der Waals surface area (Å²) in [4.78, 5) is 29.2. The lowest BCUT2D eigenvalue weighted by atomic mass is 10.0. The van der Waals surface area contributed by atoms with Crippen molar-refractivity contribution in [2.24, 2.45) is 0 Å². The van der Waals surface area contributed by atoms with E-state index in [4.69, 9.17) is 4.74 Å². The molecule has 3 amide bonds. The number of benzene rings is 3. The van der Waals surface area contributed by atoms with Crippen molar-refractivity contribution in [1.29, 1.82) is 0 Å². The van der Waals surface area contributed by atoms with Crippen LogP contribution >= 0.6 is 11.8 Å². The first-order valence-electron chi connectivity index (χ1n) is 11.1. The number of carbonyl (C=O) groups is 2. The molecule has 1 atom stereocenters. The number of thioether (sulfide) groups is 1. The highest BCUT2D eigenvalue weighted by molar-refractivity contribution is 8.01. The van der Waals surface area contributed by atoms with Crippen LogP contribution in [0.3, 0.4) is 0 Å². The summed E-state index contributed by atoms with van der Waals surface area (Å²) in [5, 5.41) is 2.88. The third-order valence-corrected chi connectivity index (χ3v) is 7.70. The second-order valence-electron chi connectivity index (χ2n) is 8.45. The number of fused-ring (bicyclic) bond motifs is 2. The van der Waals surface area contributed by atoms with Gasteiger partial charge >= 0.3 is 6.03 Å². The Morgan fingerprint density at radius 3 is 2.60 bits per heavy atom. The summed E-state index contributed by atoms with van der Waals surface area (Å²) >= 11 is 1.39. The van der Waals surface area contributed by atoms with E-state index in [-0.39, 0.29) is 18.0 Å². The average molecular weight is 496 g/mol. The molecule has 2 heterocycles. The van der Waals surface area contributed by atoms with E-state index < -0.39 is 22.5 Å². The van der Waals surface area contributed by atoms with Gasteiger partial charge in [0.15, 0.2) is 4.87 Å². The predicted molar refractivity (Wildman–Crippen MR) is 132 cm³/mol. The van der Waals surface area contributed by atoms with E-state index in [2.05, 4.69) is 5.32 Å². The molecule has 5 rings (SSSR count). The van der Waals surface area contributed by atoms with Crippen LogP contribution in [-0.2, 0) is 16.2 Å². The molecule has 0 aliphatic carbocycles. The average Bonchev–Trinajstić information content (AvgIpc) is 3.38. The third kappa shape index (κ3) is 3.89. The molecule has 1 spiro atoms. The molecular weight excluding hydrogens is 472 g/mol. The number of anilines is 2. The first-order chi connectivity index (χ1) is 16.8. The fourth-order valence-corrected chi connectivity index (χ4v) is 6.02. The van der Waals surface area contributed by atoms with Gasteiger partial charge in [-0.3, -0.25) is 9.69 Å². The van der Waals surface area contributed by atoms with Gasteiger partial charge in [0.2, 0.25) is 0 Å². The topological polar surface area (TPSA) is 61.9 Å². The zero-order valence-corrected chi connectivity index (χ0v) is 20.0. The van der Waals surface area contributed by atoms with Gasteiger partial charge in [0.1, 0.15) is 17.4 Å². The summed E-state index contributed by atoms with van der Waals surface area (Å²) in [7, 11) is 1.56. The van der Waals surface area contributed by atoms with Gasteiger partial charge in [0.05, 0.1) is 19.3 Å². The van der Waals surface area contributed by atoms with Crippen molar-refractivity contribution >= 4 is 35.1 Å². The quantitative estimate of drug-likeness (QED) is 0.536. The molecular formula is C26H23F2N3O3S. The van der Waals surface area contributed by atoms with E-state index in [0.29, 0.717) is 35.0 Å². The number of aryl methyl sites for hydroxylation is 1. The smallest absolute Gasteiger partial charge is 0.323 e. The first-order valence-corrected chi connectivity index (χ1v) is 12.1. The summed E-state index contributed by atoms with van der Waals surface area (Å²) in [6.07, 6.45) is 0. The molecule has 35 heavy (non-hydrogen) atoms. The SMILES string of the molecule is COc1ccc(NC(=O)N2CCSC23C(=O)N(Cc2ccc(F)cc2F)c2ccc(C)cc23)cc1. The van der Waals surface area contributed by atoms with Crippen LogP contribution in [0.5, 0.6) is 5.75 Å². The number of amides is 3. The van der Waals surface area contributed by atoms with Crippen molar-refractivity contribution in [3.63, 3.8) is 0 Å². The van der Waals surface area contributed by atoms with Crippen LogP contribution in [-0.4, -0.2) is 36.2 Å². The molecule has 2 aliphatic rings. The van der Waals surface area contributed by atoms with E-state index in [9.17, 15) is 18.4 Å². The van der Waals surface area contributed by atoms with Crippen molar-refractivity contribution in [2.45, 2.75) is 18.3 Å². The molecule has 1 fully saturated rings. The number of hydrogen-bond acceptors (Lipinski definition) is 4. The van der Waals surface area contributed by atoms with Gasteiger partial charge in [-0.05, 0) is 43.3 Å². The van der Waals surface area contributed by atoms with Gasteiger partial charge in [-0.25, -0.2) is 13.6 Å². The van der Waals surface area contributed by atoms with Gasteiger partial charge in [0, 0.05) is 35.2 Å². The molecule has 3 aromatic rings. The van der Waals surface area contributed by atoms with E-state index in [1.807, 2.05) is 25.1 Å². The summed E-state index contributed by atoms with van der Waals surface area (Å²) in [5.41, 5.74) is 3.01. The minimum Gasteiger partial charge on any atom is -0.497 e. The Balaban J connectivity index is 1.51. The van der Waals surface area contributed by atoms with E-state index >= 15 is 0 Å². The number of hydrogen-bond donors (Lipinski definition) is 1. The lowest BCUT2D eigenvalue weighted by Crippen LogP contribution is -2.51. The Morgan fingerprint density at radius 2 is 1.89 bits per heavy atom. The number of methoxy groups -OCH3 is 1. The predicted octanol–water partition coefficient (Wildman–Crippen LogP) is 5.26. The molecule has 1 unspecified atom stereocenters. The molecule has 1 N–H and O–H groups in total. The van der Waals surface area contributed by atoms with Crippen molar-refractivity contribution in [2.75, 3.05) is 29.6 Å². The second-order valence-corrected chi connectivity index (χ2v) is 9.74. The Morgan fingerprint density at radius 1 is 1.11 bits per heavy atom. The zero-order chi connectivity index (χ0) is 24.7. The number of halogens is 2. The minimum atomic E-state index is -1.27. The molecule has 3 aromatic carbocycles. The number of nitrogens with one attached hydrogen (secondary N) is 1. The molecule has 180 valence electrons. The second kappa shape index (κ2) is 8.88. The van der Waals surface area contributed by atoms with Crippen molar-refractivity contribution in [1.82, 2.24) is 4.90 Å². The molecule has 0 aromatic heterocycles.